The molecule has 0 spiro atoms. The Morgan fingerprint density at radius 1 is 1.39 bits per heavy atom. The monoisotopic (exact) mass is 265 g/mol. The summed E-state index contributed by atoms with van der Waals surface area (Å²) in [5.41, 5.74) is 6.56. The Morgan fingerprint density at radius 2 is 2.11 bits per heavy atom. The molecule has 2 N–H and O–H groups in total. The first-order chi connectivity index (χ1) is 8.47. The second-order valence-corrected chi connectivity index (χ2v) is 5.26. The summed E-state index contributed by atoms with van der Waals surface area (Å²) in [6.07, 6.45) is 0.297. The minimum Gasteiger partial charge on any atom is -0.453 e. The Bertz CT molecular complexity index is 574. The van der Waals surface area contributed by atoms with E-state index in [2.05, 4.69) is 0 Å². The molecule has 1 aromatic carbocycles. The molecule has 3 nitrogen and oxygen atoms in total. The fourth-order valence-corrected chi connectivity index (χ4v) is 1.88. The molecular formula is C14H16ClNO2. The van der Waals surface area contributed by atoms with E-state index >= 15 is 0 Å². The van der Waals surface area contributed by atoms with E-state index in [0.29, 0.717) is 22.8 Å². The molecule has 0 aliphatic rings. The molecule has 1 atom stereocenters. The predicted octanol–water partition coefficient (Wildman–Crippen LogP) is 3.64. The number of hydrogen-bond acceptors (Lipinski definition) is 3. The molecule has 2 aromatic rings. The largest absolute Gasteiger partial charge is 0.453 e. The fraction of sp³-hybridized carbons (Fsp3) is 0.357. The van der Waals surface area contributed by atoms with Crippen molar-refractivity contribution >= 4 is 28.4 Å². The van der Waals surface area contributed by atoms with Crippen LogP contribution in [-0.4, -0.2) is 11.8 Å². The molecule has 0 saturated heterocycles. The Hall–Kier alpha value is -1.32. The van der Waals surface area contributed by atoms with Crippen LogP contribution in [0.2, 0.25) is 5.02 Å². The molecule has 96 valence electrons. The topological polar surface area (TPSA) is 56.2 Å². The highest BCUT2D eigenvalue weighted by Gasteiger charge is 2.18. The Balaban J connectivity index is 2.23. The number of benzene rings is 1. The minimum atomic E-state index is -0.144. The maximum atomic E-state index is 12.0. The summed E-state index contributed by atoms with van der Waals surface area (Å²) in [6, 6.07) is 6.85. The van der Waals surface area contributed by atoms with Crippen LogP contribution >= 0.6 is 11.6 Å². The summed E-state index contributed by atoms with van der Waals surface area (Å²) in [4.78, 5) is 12.0. The van der Waals surface area contributed by atoms with Gasteiger partial charge in [0.15, 0.2) is 11.5 Å². The quantitative estimate of drug-likeness (QED) is 0.859. The van der Waals surface area contributed by atoms with E-state index in [4.69, 9.17) is 21.8 Å². The first-order valence-corrected chi connectivity index (χ1v) is 6.33. The lowest BCUT2D eigenvalue weighted by molar-refractivity contribution is 0.0942. The standard InChI is InChI=1S/C14H16ClNO2/c1-8(2)11(16)7-12(17)14-6-9-5-10(15)3-4-13(9)18-14/h3-6,8,11H,7,16H2,1-2H3. The third-order valence-corrected chi connectivity index (χ3v) is 3.27. The van der Waals surface area contributed by atoms with Gasteiger partial charge in [-0.1, -0.05) is 25.4 Å². The van der Waals surface area contributed by atoms with Crippen molar-refractivity contribution in [3.05, 3.63) is 35.0 Å². The van der Waals surface area contributed by atoms with Crippen LogP contribution < -0.4 is 5.73 Å². The molecule has 0 radical (unpaired) electrons. The van der Waals surface area contributed by atoms with Crippen LogP contribution in [0, 0.1) is 5.92 Å². The molecular weight excluding hydrogens is 250 g/mol. The molecule has 4 heteroatoms. The minimum absolute atomic E-state index is 0.0662. The number of rotatable bonds is 4. The van der Waals surface area contributed by atoms with E-state index in [1.54, 1.807) is 24.3 Å². The highest BCUT2D eigenvalue weighted by Crippen LogP contribution is 2.24. The van der Waals surface area contributed by atoms with Crippen LogP contribution in [0.5, 0.6) is 0 Å². The Labute approximate surface area is 111 Å². The van der Waals surface area contributed by atoms with E-state index in [9.17, 15) is 4.79 Å². The maximum absolute atomic E-state index is 12.0. The zero-order chi connectivity index (χ0) is 13.3. The van der Waals surface area contributed by atoms with Crippen molar-refractivity contribution in [3.63, 3.8) is 0 Å². The van der Waals surface area contributed by atoms with Gasteiger partial charge in [-0.2, -0.15) is 0 Å². The Kier molecular flexibility index (Phi) is 3.73. The average Bonchev–Trinajstić information content (AvgIpc) is 2.71. The number of furan rings is 1. The van der Waals surface area contributed by atoms with Gasteiger partial charge < -0.3 is 10.2 Å². The molecule has 0 saturated carbocycles. The van der Waals surface area contributed by atoms with Crippen LogP contribution in [0.15, 0.2) is 28.7 Å². The number of ketones is 1. The summed E-state index contributed by atoms with van der Waals surface area (Å²) < 4.78 is 5.50. The van der Waals surface area contributed by atoms with Crippen molar-refractivity contribution < 1.29 is 9.21 Å². The summed E-state index contributed by atoms with van der Waals surface area (Å²) in [6.45, 7) is 3.99. The second kappa shape index (κ2) is 5.12. The predicted molar refractivity (Wildman–Crippen MR) is 73.0 cm³/mol. The molecule has 18 heavy (non-hydrogen) atoms. The number of nitrogens with two attached hydrogens (primary N) is 1. The van der Waals surface area contributed by atoms with Gasteiger partial charge in [0.1, 0.15) is 5.58 Å². The van der Waals surface area contributed by atoms with Crippen molar-refractivity contribution in [2.24, 2.45) is 11.7 Å². The van der Waals surface area contributed by atoms with Gasteiger partial charge in [0.2, 0.25) is 0 Å². The third kappa shape index (κ3) is 2.74. The van der Waals surface area contributed by atoms with Gasteiger partial charge in [0.25, 0.3) is 0 Å². The number of hydrogen-bond donors (Lipinski definition) is 1. The van der Waals surface area contributed by atoms with Gasteiger partial charge in [0, 0.05) is 22.9 Å². The molecule has 0 amide bonds. The van der Waals surface area contributed by atoms with Crippen molar-refractivity contribution in [3.8, 4) is 0 Å². The van der Waals surface area contributed by atoms with Crippen LogP contribution in [0.25, 0.3) is 11.0 Å². The van der Waals surface area contributed by atoms with Crippen LogP contribution in [0.3, 0.4) is 0 Å². The van der Waals surface area contributed by atoms with Crippen molar-refractivity contribution in [1.82, 2.24) is 0 Å². The van der Waals surface area contributed by atoms with Gasteiger partial charge in [-0.25, -0.2) is 0 Å². The molecule has 0 bridgehead atoms. The second-order valence-electron chi connectivity index (χ2n) is 4.83. The first-order valence-electron chi connectivity index (χ1n) is 5.95. The van der Waals surface area contributed by atoms with Gasteiger partial charge >= 0.3 is 0 Å². The lowest BCUT2D eigenvalue weighted by atomic mass is 9.99. The Morgan fingerprint density at radius 3 is 2.78 bits per heavy atom. The van der Waals surface area contributed by atoms with Gasteiger partial charge in [0.05, 0.1) is 0 Å². The van der Waals surface area contributed by atoms with Crippen molar-refractivity contribution in [2.45, 2.75) is 26.3 Å². The summed E-state index contributed by atoms with van der Waals surface area (Å²) >= 11 is 5.89. The summed E-state index contributed by atoms with van der Waals surface area (Å²) in [5, 5.41) is 1.46. The van der Waals surface area contributed by atoms with E-state index < -0.39 is 0 Å². The molecule has 2 rings (SSSR count). The van der Waals surface area contributed by atoms with Crippen molar-refractivity contribution in [1.29, 1.82) is 0 Å². The van der Waals surface area contributed by atoms with E-state index in [1.165, 1.54) is 0 Å². The molecule has 0 aliphatic heterocycles. The van der Waals surface area contributed by atoms with Gasteiger partial charge in [-0.05, 0) is 30.2 Å². The number of Topliss-reactive ketones (excluding diaryl/α,β-unsaturated/α-hetero) is 1. The highest BCUT2D eigenvalue weighted by atomic mass is 35.5. The molecule has 1 unspecified atom stereocenters. The lowest BCUT2D eigenvalue weighted by Gasteiger charge is -2.13. The zero-order valence-corrected chi connectivity index (χ0v) is 11.2. The number of halogens is 1. The van der Waals surface area contributed by atoms with Gasteiger partial charge in [-0.3, -0.25) is 4.79 Å². The number of carbonyl (C=O) groups is 1. The average molecular weight is 266 g/mol. The highest BCUT2D eigenvalue weighted by molar-refractivity contribution is 6.31. The molecule has 0 fully saturated rings. The zero-order valence-electron chi connectivity index (χ0n) is 10.4. The summed E-state index contributed by atoms with van der Waals surface area (Å²) in [7, 11) is 0. The third-order valence-electron chi connectivity index (χ3n) is 3.03. The van der Waals surface area contributed by atoms with Crippen LogP contribution in [-0.2, 0) is 0 Å². The lowest BCUT2D eigenvalue weighted by Crippen LogP contribution is -2.29. The number of fused-ring (bicyclic) bond motifs is 1. The van der Waals surface area contributed by atoms with Crippen LogP contribution in [0.1, 0.15) is 30.8 Å². The molecule has 0 aliphatic carbocycles. The van der Waals surface area contributed by atoms with Gasteiger partial charge in [-0.15, -0.1) is 0 Å². The van der Waals surface area contributed by atoms with E-state index in [0.717, 1.165) is 5.39 Å². The van der Waals surface area contributed by atoms with E-state index in [1.807, 2.05) is 13.8 Å². The molecule has 1 heterocycles. The molecule has 1 aromatic heterocycles. The van der Waals surface area contributed by atoms with E-state index in [-0.39, 0.29) is 17.7 Å². The van der Waals surface area contributed by atoms with Crippen molar-refractivity contribution in [2.75, 3.05) is 0 Å². The normalized spacial score (nSPS) is 13.2. The summed E-state index contributed by atoms with van der Waals surface area (Å²) in [5.74, 6) is 0.555. The number of carbonyl (C=O) groups excluding carboxylic acids is 1. The van der Waals surface area contributed by atoms with Crippen LogP contribution in [0.4, 0.5) is 0 Å². The maximum Gasteiger partial charge on any atom is 0.199 e. The fourth-order valence-electron chi connectivity index (χ4n) is 1.70. The SMILES string of the molecule is CC(C)C(N)CC(=O)c1cc2cc(Cl)ccc2o1. The first kappa shape index (κ1) is 13.1. The smallest absolute Gasteiger partial charge is 0.199 e.